The number of anilines is 1. The first-order valence-electron chi connectivity index (χ1n) is 7.14. The Kier molecular flexibility index (Phi) is 4.28. The lowest BCUT2D eigenvalue weighted by molar-refractivity contribution is 0.379. The summed E-state index contributed by atoms with van der Waals surface area (Å²) in [7, 11) is 0. The van der Waals surface area contributed by atoms with E-state index in [2.05, 4.69) is 39.2 Å². The summed E-state index contributed by atoms with van der Waals surface area (Å²) in [6.07, 6.45) is 6.06. The third-order valence-electron chi connectivity index (χ3n) is 3.78. The van der Waals surface area contributed by atoms with Crippen LogP contribution in [-0.4, -0.2) is 29.1 Å². The van der Waals surface area contributed by atoms with Crippen LogP contribution < -0.4 is 10.2 Å². The zero-order valence-electron chi connectivity index (χ0n) is 11.7. The highest BCUT2D eigenvalue weighted by atomic mass is 32.1. The quantitative estimate of drug-likeness (QED) is 0.939. The Hall–Kier alpha value is -1.46. The van der Waals surface area contributed by atoms with Gasteiger partial charge in [-0.15, -0.1) is 11.3 Å². The topological polar surface area (TPSA) is 41.0 Å². The van der Waals surface area contributed by atoms with E-state index in [0.29, 0.717) is 12.1 Å². The molecule has 1 saturated heterocycles. The summed E-state index contributed by atoms with van der Waals surface area (Å²) in [6, 6.07) is 7.03. The Labute approximate surface area is 123 Å². The van der Waals surface area contributed by atoms with Gasteiger partial charge in [-0.1, -0.05) is 6.07 Å². The molecule has 1 unspecified atom stereocenters. The van der Waals surface area contributed by atoms with Crippen molar-refractivity contribution in [2.24, 2.45) is 0 Å². The van der Waals surface area contributed by atoms with Gasteiger partial charge >= 0.3 is 0 Å². The monoisotopic (exact) mass is 288 g/mol. The number of nitrogens with one attached hydrogen (secondary N) is 1. The fourth-order valence-corrected chi connectivity index (χ4v) is 3.34. The van der Waals surface area contributed by atoms with Crippen LogP contribution in [0.25, 0.3) is 0 Å². The van der Waals surface area contributed by atoms with E-state index >= 15 is 0 Å². The average Bonchev–Trinajstić information content (AvgIpc) is 3.03. The summed E-state index contributed by atoms with van der Waals surface area (Å²) in [5.41, 5.74) is 0. The highest BCUT2D eigenvalue weighted by Gasteiger charge is 2.22. The van der Waals surface area contributed by atoms with E-state index in [1.54, 1.807) is 11.3 Å². The van der Waals surface area contributed by atoms with Crippen molar-refractivity contribution in [3.63, 3.8) is 0 Å². The van der Waals surface area contributed by atoms with Crippen molar-refractivity contribution in [1.82, 2.24) is 15.3 Å². The van der Waals surface area contributed by atoms with Crippen LogP contribution in [0.2, 0.25) is 0 Å². The van der Waals surface area contributed by atoms with Crippen LogP contribution in [0.4, 0.5) is 5.82 Å². The van der Waals surface area contributed by atoms with Gasteiger partial charge in [0.25, 0.3) is 0 Å². The van der Waals surface area contributed by atoms with Crippen LogP contribution in [0.3, 0.4) is 0 Å². The van der Waals surface area contributed by atoms with E-state index in [4.69, 9.17) is 0 Å². The minimum Gasteiger partial charge on any atom is -0.357 e. The van der Waals surface area contributed by atoms with Gasteiger partial charge in [0, 0.05) is 36.9 Å². The molecule has 1 aliphatic rings. The van der Waals surface area contributed by atoms with Crippen molar-refractivity contribution in [2.75, 3.05) is 18.0 Å². The van der Waals surface area contributed by atoms with Crippen molar-refractivity contribution in [1.29, 1.82) is 0 Å². The zero-order chi connectivity index (χ0) is 13.8. The molecule has 0 aliphatic carbocycles. The van der Waals surface area contributed by atoms with E-state index < -0.39 is 0 Å². The Balaban J connectivity index is 1.51. The lowest BCUT2D eigenvalue weighted by Crippen LogP contribution is -2.43. The second kappa shape index (κ2) is 6.33. The number of piperidine rings is 1. The number of rotatable bonds is 4. The van der Waals surface area contributed by atoms with Crippen LogP contribution in [0.15, 0.2) is 36.0 Å². The fraction of sp³-hybridized carbons (Fsp3) is 0.467. The number of aromatic nitrogens is 2. The number of thiazole rings is 1. The van der Waals surface area contributed by atoms with Crippen LogP contribution in [0.5, 0.6) is 0 Å². The summed E-state index contributed by atoms with van der Waals surface area (Å²) in [6.45, 7) is 4.34. The number of pyridine rings is 1. The zero-order valence-corrected chi connectivity index (χ0v) is 12.5. The van der Waals surface area contributed by atoms with Gasteiger partial charge in [0.15, 0.2) is 0 Å². The Morgan fingerprint density at radius 2 is 2.10 bits per heavy atom. The van der Waals surface area contributed by atoms with Crippen molar-refractivity contribution < 1.29 is 0 Å². The summed E-state index contributed by atoms with van der Waals surface area (Å²) in [4.78, 5) is 11.2. The molecule has 2 aromatic heterocycles. The van der Waals surface area contributed by atoms with Gasteiger partial charge in [0.05, 0.1) is 6.04 Å². The molecular weight excluding hydrogens is 268 g/mol. The summed E-state index contributed by atoms with van der Waals surface area (Å²) in [5.74, 6) is 1.10. The molecule has 0 amide bonds. The van der Waals surface area contributed by atoms with Crippen molar-refractivity contribution in [3.05, 3.63) is 41.0 Å². The second-order valence-corrected chi connectivity index (χ2v) is 6.13. The molecule has 1 atom stereocenters. The van der Waals surface area contributed by atoms with E-state index in [0.717, 1.165) is 31.7 Å². The van der Waals surface area contributed by atoms with Crippen molar-refractivity contribution in [2.45, 2.75) is 31.8 Å². The van der Waals surface area contributed by atoms with Gasteiger partial charge in [-0.3, -0.25) is 0 Å². The first-order chi connectivity index (χ1) is 9.83. The fourth-order valence-electron chi connectivity index (χ4n) is 2.69. The van der Waals surface area contributed by atoms with Gasteiger partial charge in [0.1, 0.15) is 10.8 Å². The van der Waals surface area contributed by atoms with Crippen LogP contribution in [-0.2, 0) is 0 Å². The molecule has 106 valence electrons. The van der Waals surface area contributed by atoms with E-state index in [1.807, 2.05) is 23.8 Å². The molecule has 0 bridgehead atoms. The molecule has 2 aromatic rings. The lowest BCUT2D eigenvalue weighted by Gasteiger charge is -2.34. The van der Waals surface area contributed by atoms with Gasteiger partial charge < -0.3 is 10.2 Å². The average molecular weight is 288 g/mol. The second-order valence-electron chi connectivity index (χ2n) is 5.21. The first-order valence-corrected chi connectivity index (χ1v) is 8.02. The third kappa shape index (κ3) is 3.16. The maximum absolute atomic E-state index is 4.43. The number of hydrogen-bond acceptors (Lipinski definition) is 5. The predicted octanol–water partition coefficient (Wildman–Crippen LogP) is 2.86. The standard InChI is InChI=1S/C15H20N4S/c1-12(15-17-8-11-20-15)18-13-5-9-19(10-6-13)14-4-2-3-7-16-14/h2-4,7-8,11-13,18H,5-6,9-10H2,1H3. The molecule has 3 heterocycles. The molecule has 0 radical (unpaired) electrons. The van der Waals surface area contributed by atoms with Gasteiger partial charge in [-0.2, -0.15) is 0 Å². The smallest absolute Gasteiger partial charge is 0.128 e. The lowest BCUT2D eigenvalue weighted by atomic mass is 10.0. The molecule has 1 fully saturated rings. The van der Waals surface area contributed by atoms with Crippen molar-refractivity contribution in [3.8, 4) is 0 Å². The normalized spacial score (nSPS) is 18.1. The molecular formula is C15H20N4S. The predicted molar refractivity (Wildman–Crippen MR) is 83.1 cm³/mol. The molecule has 20 heavy (non-hydrogen) atoms. The van der Waals surface area contributed by atoms with Crippen LogP contribution in [0, 0.1) is 0 Å². The minimum absolute atomic E-state index is 0.349. The highest BCUT2D eigenvalue weighted by molar-refractivity contribution is 7.09. The molecule has 5 heteroatoms. The molecule has 0 spiro atoms. The van der Waals surface area contributed by atoms with Crippen molar-refractivity contribution >= 4 is 17.2 Å². The van der Waals surface area contributed by atoms with E-state index in [-0.39, 0.29) is 0 Å². The largest absolute Gasteiger partial charge is 0.357 e. The number of nitrogens with zero attached hydrogens (tertiary/aromatic N) is 3. The Morgan fingerprint density at radius 1 is 1.25 bits per heavy atom. The summed E-state index contributed by atoms with van der Waals surface area (Å²) < 4.78 is 0. The first kappa shape index (κ1) is 13.5. The molecule has 0 saturated carbocycles. The molecule has 3 rings (SSSR count). The maximum atomic E-state index is 4.43. The SMILES string of the molecule is CC(NC1CCN(c2ccccn2)CC1)c1nccs1. The van der Waals surface area contributed by atoms with Crippen LogP contribution >= 0.6 is 11.3 Å². The Bertz CT molecular complexity index is 506. The van der Waals surface area contributed by atoms with E-state index in [1.165, 1.54) is 5.01 Å². The Morgan fingerprint density at radius 3 is 2.75 bits per heavy atom. The van der Waals surface area contributed by atoms with Crippen LogP contribution in [0.1, 0.15) is 30.8 Å². The van der Waals surface area contributed by atoms with E-state index in [9.17, 15) is 0 Å². The van der Waals surface area contributed by atoms with Gasteiger partial charge in [-0.05, 0) is 31.9 Å². The third-order valence-corrected chi connectivity index (χ3v) is 4.73. The molecule has 0 aromatic carbocycles. The molecule has 1 aliphatic heterocycles. The summed E-state index contributed by atoms with van der Waals surface area (Å²) >= 11 is 1.72. The van der Waals surface area contributed by atoms with Gasteiger partial charge in [-0.25, -0.2) is 9.97 Å². The summed E-state index contributed by atoms with van der Waals surface area (Å²) in [5, 5.41) is 6.91. The maximum Gasteiger partial charge on any atom is 0.128 e. The molecule has 1 N–H and O–H groups in total. The molecule has 4 nitrogen and oxygen atoms in total. The highest BCUT2D eigenvalue weighted by Crippen LogP contribution is 2.21. The van der Waals surface area contributed by atoms with Gasteiger partial charge in [0.2, 0.25) is 0 Å². The number of hydrogen-bond donors (Lipinski definition) is 1. The minimum atomic E-state index is 0.349.